The monoisotopic (exact) mass is 143 g/mol. The zero-order chi connectivity index (χ0) is 7.56. The van der Waals surface area contributed by atoms with Crippen LogP contribution >= 0.6 is 0 Å². The summed E-state index contributed by atoms with van der Waals surface area (Å²) in [5.74, 6) is 0.529. The standard InChI is InChI=1S/C8H17NO/c1-7-3-4-8(6-10)5-9(7)2/h7-8,10H,3-6H2,1-2H3/t7-,8-/m1/s1. The fourth-order valence-corrected chi connectivity index (χ4v) is 1.52. The van der Waals surface area contributed by atoms with Crippen molar-refractivity contribution in [1.82, 2.24) is 4.90 Å². The van der Waals surface area contributed by atoms with E-state index in [1.54, 1.807) is 0 Å². The Hall–Kier alpha value is -0.0800. The smallest absolute Gasteiger partial charge is 0.0471 e. The molecule has 1 saturated heterocycles. The maximum absolute atomic E-state index is 8.87. The van der Waals surface area contributed by atoms with Crippen LogP contribution < -0.4 is 0 Å². The van der Waals surface area contributed by atoms with Crippen LogP contribution in [-0.4, -0.2) is 36.2 Å². The fourth-order valence-electron chi connectivity index (χ4n) is 1.52. The van der Waals surface area contributed by atoms with Gasteiger partial charge in [-0.25, -0.2) is 0 Å². The van der Waals surface area contributed by atoms with Gasteiger partial charge in [0.15, 0.2) is 0 Å². The second kappa shape index (κ2) is 3.35. The lowest BCUT2D eigenvalue weighted by Gasteiger charge is -2.34. The van der Waals surface area contributed by atoms with E-state index in [1.165, 1.54) is 12.8 Å². The minimum Gasteiger partial charge on any atom is -0.396 e. The molecule has 60 valence electrons. The van der Waals surface area contributed by atoms with Gasteiger partial charge < -0.3 is 10.0 Å². The molecule has 1 aliphatic heterocycles. The van der Waals surface area contributed by atoms with Gasteiger partial charge in [0, 0.05) is 19.2 Å². The van der Waals surface area contributed by atoms with Crippen LogP contribution in [-0.2, 0) is 0 Å². The van der Waals surface area contributed by atoms with Crippen LogP contribution in [0.4, 0.5) is 0 Å². The predicted molar refractivity (Wildman–Crippen MR) is 41.9 cm³/mol. The molecule has 2 heteroatoms. The van der Waals surface area contributed by atoms with Crippen LogP contribution in [0.25, 0.3) is 0 Å². The molecule has 0 unspecified atom stereocenters. The van der Waals surface area contributed by atoms with Crippen LogP contribution in [0, 0.1) is 5.92 Å². The highest BCUT2D eigenvalue weighted by Crippen LogP contribution is 2.19. The zero-order valence-corrected chi connectivity index (χ0v) is 6.88. The van der Waals surface area contributed by atoms with Crippen LogP contribution in [0.2, 0.25) is 0 Å². The third-order valence-corrected chi connectivity index (χ3v) is 2.55. The van der Waals surface area contributed by atoms with Gasteiger partial charge in [0.25, 0.3) is 0 Å². The first-order valence-electron chi connectivity index (χ1n) is 4.05. The van der Waals surface area contributed by atoms with Crippen molar-refractivity contribution >= 4 is 0 Å². The average molecular weight is 143 g/mol. The highest BCUT2D eigenvalue weighted by molar-refractivity contribution is 4.75. The van der Waals surface area contributed by atoms with Crippen molar-refractivity contribution in [1.29, 1.82) is 0 Å². The van der Waals surface area contributed by atoms with Gasteiger partial charge in [0.2, 0.25) is 0 Å². The average Bonchev–Trinajstić information content (AvgIpc) is 1.95. The van der Waals surface area contributed by atoms with Gasteiger partial charge in [-0.05, 0) is 32.7 Å². The molecule has 0 amide bonds. The molecule has 0 spiro atoms. The van der Waals surface area contributed by atoms with Gasteiger partial charge >= 0.3 is 0 Å². The van der Waals surface area contributed by atoms with Crippen LogP contribution in [0.15, 0.2) is 0 Å². The first-order chi connectivity index (χ1) is 4.74. The zero-order valence-electron chi connectivity index (χ0n) is 6.88. The molecule has 1 N–H and O–H groups in total. The van der Waals surface area contributed by atoms with Crippen molar-refractivity contribution in [2.45, 2.75) is 25.8 Å². The van der Waals surface area contributed by atoms with Crippen LogP contribution in [0.3, 0.4) is 0 Å². The third kappa shape index (κ3) is 1.70. The number of hydrogen-bond acceptors (Lipinski definition) is 2. The van der Waals surface area contributed by atoms with Crippen molar-refractivity contribution in [3.05, 3.63) is 0 Å². The molecule has 2 atom stereocenters. The first kappa shape index (κ1) is 8.02. The molecule has 0 aromatic rings. The van der Waals surface area contributed by atoms with E-state index < -0.39 is 0 Å². The molecule has 0 aromatic heterocycles. The maximum atomic E-state index is 8.87. The van der Waals surface area contributed by atoms with Gasteiger partial charge in [0.1, 0.15) is 0 Å². The predicted octanol–water partition coefficient (Wildman–Crippen LogP) is 0.709. The molecule has 0 radical (unpaired) electrons. The number of aliphatic hydroxyl groups excluding tert-OH is 1. The van der Waals surface area contributed by atoms with Crippen molar-refractivity contribution in [2.24, 2.45) is 5.92 Å². The molecule has 2 nitrogen and oxygen atoms in total. The van der Waals surface area contributed by atoms with E-state index in [0.717, 1.165) is 6.54 Å². The Labute approximate surface area is 62.8 Å². The normalized spacial score (nSPS) is 36.3. The van der Waals surface area contributed by atoms with Gasteiger partial charge in [-0.1, -0.05) is 0 Å². The Morgan fingerprint density at radius 3 is 2.70 bits per heavy atom. The largest absolute Gasteiger partial charge is 0.396 e. The molecular weight excluding hydrogens is 126 g/mol. The summed E-state index contributed by atoms with van der Waals surface area (Å²) < 4.78 is 0. The topological polar surface area (TPSA) is 23.5 Å². The number of piperidine rings is 1. The second-order valence-electron chi connectivity index (χ2n) is 3.41. The lowest BCUT2D eigenvalue weighted by atomic mass is 9.95. The van der Waals surface area contributed by atoms with Crippen molar-refractivity contribution in [3.8, 4) is 0 Å². The molecule has 1 fully saturated rings. The minimum absolute atomic E-state index is 0.358. The minimum atomic E-state index is 0.358. The molecule has 0 aromatic carbocycles. The van der Waals surface area contributed by atoms with E-state index in [0.29, 0.717) is 18.6 Å². The van der Waals surface area contributed by atoms with Crippen LogP contribution in [0.1, 0.15) is 19.8 Å². The molecule has 0 bridgehead atoms. The van der Waals surface area contributed by atoms with Crippen molar-refractivity contribution < 1.29 is 5.11 Å². The quantitative estimate of drug-likeness (QED) is 0.584. The summed E-state index contributed by atoms with van der Waals surface area (Å²) in [6.45, 7) is 3.67. The molecule has 1 rings (SSSR count). The van der Waals surface area contributed by atoms with Gasteiger partial charge in [-0.2, -0.15) is 0 Å². The highest BCUT2D eigenvalue weighted by Gasteiger charge is 2.21. The summed E-state index contributed by atoms with van der Waals surface area (Å²) in [5, 5.41) is 8.87. The SMILES string of the molecule is C[C@@H]1CC[C@@H](CO)CN1C. The van der Waals surface area contributed by atoms with E-state index in [2.05, 4.69) is 18.9 Å². The summed E-state index contributed by atoms with van der Waals surface area (Å²) >= 11 is 0. The van der Waals surface area contributed by atoms with Crippen molar-refractivity contribution in [3.63, 3.8) is 0 Å². The summed E-state index contributed by atoms with van der Waals surface area (Å²) in [7, 11) is 2.13. The van der Waals surface area contributed by atoms with Crippen molar-refractivity contribution in [2.75, 3.05) is 20.2 Å². The summed E-state index contributed by atoms with van der Waals surface area (Å²) in [6.07, 6.45) is 2.43. The third-order valence-electron chi connectivity index (χ3n) is 2.55. The highest BCUT2D eigenvalue weighted by atomic mass is 16.3. The van der Waals surface area contributed by atoms with E-state index in [4.69, 9.17) is 5.11 Å². The number of likely N-dealkylation sites (tertiary alicyclic amines) is 1. The molecule has 10 heavy (non-hydrogen) atoms. The Kier molecular flexibility index (Phi) is 2.69. The summed E-state index contributed by atoms with van der Waals surface area (Å²) in [4.78, 5) is 2.32. The molecule has 0 aliphatic carbocycles. The van der Waals surface area contributed by atoms with E-state index >= 15 is 0 Å². The molecular formula is C8H17NO. The van der Waals surface area contributed by atoms with Gasteiger partial charge in [-0.3, -0.25) is 0 Å². The number of hydrogen-bond donors (Lipinski definition) is 1. The van der Waals surface area contributed by atoms with Gasteiger partial charge in [-0.15, -0.1) is 0 Å². The lowest BCUT2D eigenvalue weighted by molar-refractivity contribution is 0.104. The molecule has 0 saturated carbocycles. The summed E-state index contributed by atoms with van der Waals surface area (Å²) in [6, 6.07) is 0.711. The molecule has 1 aliphatic rings. The fraction of sp³-hybridized carbons (Fsp3) is 1.00. The first-order valence-corrected chi connectivity index (χ1v) is 4.05. The Morgan fingerprint density at radius 1 is 1.50 bits per heavy atom. The molecule has 1 heterocycles. The van der Waals surface area contributed by atoms with Crippen LogP contribution in [0.5, 0.6) is 0 Å². The lowest BCUT2D eigenvalue weighted by Crippen LogP contribution is -2.39. The van der Waals surface area contributed by atoms with E-state index in [9.17, 15) is 0 Å². The Bertz CT molecular complexity index is 105. The summed E-state index contributed by atoms with van der Waals surface area (Å²) in [5.41, 5.74) is 0. The number of nitrogens with zero attached hydrogens (tertiary/aromatic N) is 1. The van der Waals surface area contributed by atoms with E-state index in [1.807, 2.05) is 0 Å². The maximum Gasteiger partial charge on any atom is 0.0471 e. The number of aliphatic hydroxyl groups is 1. The van der Waals surface area contributed by atoms with Gasteiger partial charge in [0.05, 0.1) is 0 Å². The van der Waals surface area contributed by atoms with E-state index in [-0.39, 0.29) is 0 Å². The Balaban J connectivity index is 2.33. The second-order valence-corrected chi connectivity index (χ2v) is 3.41. The number of rotatable bonds is 1. The Morgan fingerprint density at radius 2 is 2.20 bits per heavy atom.